The van der Waals surface area contributed by atoms with E-state index >= 15 is 0 Å². The highest BCUT2D eigenvalue weighted by Gasteiger charge is 2.35. The number of aliphatic hydroxyl groups is 1. The maximum Gasteiger partial charge on any atom is 0.389 e. The summed E-state index contributed by atoms with van der Waals surface area (Å²) in [7, 11) is 0. The fraction of sp³-hybridized carbons (Fsp3) is 0.579. The van der Waals surface area contributed by atoms with Crippen LogP contribution >= 0.6 is 0 Å². The summed E-state index contributed by atoms with van der Waals surface area (Å²) in [6.45, 7) is 2.92. The maximum absolute atomic E-state index is 12.5. The topological polar surface area (TPSA) is 70.0 Å². The Morgan fingerprint density at radius 2 is 2.18 bits per heavy atom. The molecule has 9 heteroatoms. The quantitative estimate of drug-likeness (QED) is 0.671. The predicted molar refractivity (Wildman–Crippen MR) is 100 cm³/mol. The van der Waals surface area contributed by atoms with Crippen LogP contribution in [0, 0.1) is 0 Å². The Morgan fingerprint density at radius 1 is 1.36 bits per heavy atom. The summed E-state index contributed by atoms with van der Waals surface area (Å²) in [6.07, 6.45) is 0.138. The number of imidazole rings is 1. The largest absolute Gasteiger partial charge is 0.395 e. The Bertz CT molecular complexity index is 964. The molecule has 4 rings (SSSR count). The van der Waals surface area contributed by atoms with Crippen LogP contribution in [0.1, 0.15) is 38.1 Å². The monoisotopic (exact) mass is 395 g/mol. The zero-order chi connectivity index (χ0) is 19.9. The number of nitrogens with one attached hydrogen (secondary N) is 1. The van der Waals surface area contributed by atoms with Crippen LogP contribution in [-0.4, -0.2) is 61.4 Å². The average Bonchev–Trinajstić information content (AvgIpc) is 3.35. The van der Waals surface area contributed by atoms with E-state index in [1.165, 1.54) is 0 Å². The van der Waals surface area contributed by atoms with Gasteiger partial charge in [-0.2, -0.15) is 13.2 Å². The molecule has 28 heavy (non-hydrogen) atoms. The molecule has 6 nitrogen and oxygen atoms in total. The number of aromatic amines is 1. The van der Waals surface area contributed by atoms with E-state index in [0.717, 1.165) is 34.3 Å². The van der Waals surface area contributed by atoms with Gasteiger partial charge in [-0.3, -0.25) is 4.90 Å². The minimum Gasteiger partial charge on any atom is -0.395 e. The molecule has 3 aromatic heterocycles. The Hall–Kier alpha value is -2.13. The second-order valence-electron chi connectivity index (χ2n) is 7.42. The molecule has 1 fully saturated rings. The number of aromatic nitrogens is 4. The van der Waals surface area contributed by atoms with Gasteiger partial charge >= 0.3 is 6.18 Å². The average molecular weight is 395 g/mol. The summed E-state index contributed by atoms with van der Waals surface area (Å²) in [4.78, 5) is 14.2. The van der Waals surface area contributed by atoms with Gasteiger partial charge in [0, 0.05) is 43.1 Å². The SMILES string of the molecule is CCc1nc2cnc3[nH]ccc3c2n1[C@H]1C[C@@H](CO)N(CCCC(F)(F)F)C1. The second-order valence-corrected chi connectivity index (χ2v) is 7.42. The molecule has 1 aliphatic heterocycles. The van der Waals surface area contributed by atoms with E-state index in [0.29, 0.717) is 19.5 Å². The molecule has 2 N–H and O–H groups in total. The van der Waals surface area contributed by atoms with Gasteiger partial charge in [0.25, 0.3) is 0 Å². The van der Waals surface area contributed by atoms with E-state index < -0.39 is 12.6 Å². The highest BCUT2D eigenvalue weighted by molar-refractivity contribution is 6.01. The third-order valence-corrected chi connectivity index (χ3v) is 5.61. The van der Waals surface area contributed by atoms with E-state index in [4.69, 9.17) is 4.98 Å². The van der Waals surface area contributed by atoms with Crippen molar-refractivity contribution in [2.75, 3.05) is 19.7 Å². The third kappa shape index (κ3) is 3.48. The van der Waals surface area contributed by atoms with Crippen molar-refractivity contribution >= 4 is 22.1 Å². The molecule has 0 radical (unpaired) electrons. The summed E-state index contributed by atoms with van der Waals surface area (Å²) in [5.74, 6) is 0.935. The number of hydrogen-bond donors (Lipinski definition) is 2. The van der Waals surface area contributed by atoms with Crippen LogP contribution in [-0.2, 0) is 6.42 Å². The maximum atomic E-state index is 12.5. The fourth-order valence-electron chi connectivity index (χ4n) is 4.37. The zero-order valence-electron chi connectivity index (χ0n) is 15.7. The van der Waals surface area contributed by atoms with Gasteiger partial charge in [0.05, 0.1) is 18.3 Å². The molecule has 0 aliphatic carbocycles. The van der Waals surface area contributed by atoms with Crippen LogP contribution in [0.25, 0.3) is 22.1 Å². The van der Waals surface area contributed by atoms with Gasteiger partial charge in [-0.15, -0.1) is 0 Å². The molecule has 0 spiro atoms. The van der Waals surface area contributed by atoms with Crippen molar-refractivity contribution in [2.24, 2.45) is 0 Å². The van der Waals surface area contributed by atoms with E-state index in [2.05, 4.69) is 14.5 Å². The summed E-state index contributed by atoms with van der Waals surface area (Å²) in [6, 6.07) is 1.90. The van der Waals surface area contributed by atoms with Crippen LogP contribution < -0.4 is 0 Å². The van der Waals surface area contributed by atoms with Crippen LogP contribution in [0.2, 0.25) is 0 Å². The van der Waals surface area contributed by atoms with Crippen molar-refractivity contribution in [1.82, 2.24) is 24.4 Å². The van der Waals surface area contributed by atoms with Crippen molar-refractivity contribution in [2.45, 2.75) is 50.9 Å². The number of H-pyrrole nitrogens is 1. The van der Waals surface area contributed by atoms with Crippen LogP contribution in [0.3, 0.4) is 0 Å². The van der Waals surface area contributed by atoms with Gasteiger partial charge < -0.3 is 14.7 Å². The van der Waals surface area contributed by atoms with E-state index in [9.17, 15) is 18.3 Å². The first-order valence-electron chi connectivity index (χ1n) is 9.65. The number of pyridine rings is 1. The molecule has 0 saturated carbocycles. The molecule has 0 aromatic carbocycles. The number of halogens is 3. The van der Waals surface area contributed by atoms with Crippen LogP contribution in [0.4, 0.5) is 13.2 Å². The lowest BCUT2D eigenvalue weighted by Crippen LogP contribution is -2.33. The lowest BCUT2D eigenvalue weighted by atomic mass is 10.1. The molecular formula is C19H24F3N5O. The molecule has 2 atom stereocenters. The fourth-order valence-corrected chi connectivity index (χ4v) is 4.37. The number of aliphatic hydroxyl groups excluding tert-OH is 1. The van der Waals surface area contributed by atoms with Crippen molar-refractivity contribution in [3.63, 3.8) is 0 Å². The van der Waals surface area contributed by atoms with Crippen molar-refractivity contribution in [3.8, 4) is 0 Å². The van der Waals surface area contributed by atoms with Gasteiger partial charge in [-0.05, 0) is 25.5 Å². The zero-order valence-corrected chi connectivity index (χ0v) is 15.7. The highest BCUT2D eigenvalue weighted by Crippen LogP contribution is 2.34. The van der Waals surface area contributed by atoms with Gasteiger partial charge in [0.15, 0.2) is 0 Å². The van der Waals surface area contributed by atoms with Gasteiger partial charge in [-0.1, -0.05) is 6.92 Å². The van der Waals surface area contributed by atoms with Gasteiger partial charge in [0.1, 0.15) is 17.0 Å². The van der Waals surface area contributed by atoms with Crippen LogP contribution in [0.5, 0.6) is 0 Å². The number of fused-ring (bicyclic) bond motifs is 3. The number of aryl methyl sites for hydroxylation is 1. The number of likely N-dealkylation sites (tertiary alicyclic amines) is 1. The van der Waals surface area contributed by atoms with E-state index in [1.54, 1.807) is 6.20 Å². The molecule has 1 saturated heterocycles. The standard InChI is InChI=1S/C19H24F3N5O/c1-2-16-25-15-9-24-18-14(4-6-23-18)17(15)27(16)12-8-13(11-28)26(10-12)7-3-5-19(20,21)22/h4,6,9,12-13,28H,2-3,5,7-8,10-11H2,1H3,(H,23,24)/t12-,13-/m0/s1. The first kappa shape index (κ1) is 19.2. The summed E-state index contributed by atoms with van der Waals surface area (Å²) >= 11 is 0. The Kier molecular flexibility index (Phi) is 5.05. The Morgan fingerprint density at radius 3 is 2.89 bits per heavy atom. The minimum atomic E-state index is -4.14. The minimum absolute atomic E-state index is 0.0456. The predicted octanol–water partition coefficient (Wildman–Crippen LogP) is 3.43. The highest BCUT2D eigenvalue weighted by atomic mass is 19.4. The molecule has 4 heterocycles. The number of nitrogens with zero attached hydrogens (tertiary/aromatic N) is 4. The molecule has 1 aliphatic rings. The van der Waals surface area contributed by atoms with Crippen LogP contribution in [0.15, 0.2) is 18.5 Å². The summed E-state index contributed by atoms with van der Waals surface area (Å²) < 4.78 is 39.7. The summed E-state index contributed by atoms with van der Waals surface area (Å²) in [5.41, 5.74) is 2.61. The lowest BCUT2D eigenvalue weighted by molar-refractivity contribution is -0.136. The molecule has 3 aromatic rings. The number of alkyl halides is 3. The Balaban J connectivity index is 1.65. The Labute approximate surface area is 160 Å². The lowest BCUT2D eigenvalue weighted by Gasteiger charge is -2.22. The van der Waals surface area contributed by atoms with Gasteiger partial charge in [-0.25, -0.2) is 9.97 Å². The molecule has 0 amide bonds. The normalized spacial score (nSPS) is 21.3. The van der Waals surface area contributed by atoms with E-state index in [-0.39, 0.29) is 25.1 Å². The van der Waals surface area contributed by atoms with E-state index in [1.807, 2.05) is 24.1 Å². The second kappa shape index (κ2) is 7.36. The molecular weight excluding hydrogens is 371 g/mol. The molecule has 0 unspecified atom stereocenters. The molecule has 152 valence electrons. The first-order chi connectivity index (χ1) is 13.4. The third-order valence-electron chi connectivity index (χ3n) is 5.61. The van der Waals surface area contributed by atoms with Crippen molar-refractivity contribution in [3.05, 3.63) is 24.3 Å². The van der Waals surface area contributed by atoms with Gasteiger partial charge in [0.2, 0.25) is 0 Å². The number of rotatable bonds is 6. The number of hydrogen-bond acceptors (Lipinski definition) is 4. The molecule has 0 bridgehead atoms. The smallest absolute Gasteiger partial charge is 0.389 e. The summed E-state index contributed by atoms with van der Waals surface area (Å²) in [5, 5.41) is 10.8. The van der Waals surface area contributed by atoms with Crippen molar-refractivity contribution in [1.29, 1.82) is 0 Å². The van der Waals surface area contributed by atoms with Crippen molar-refractivity contribution < 1.29 is 18.3 Å². The first-order valence-corrected chi connectivity index (χ1v) is 9.65.